The smallest absolute Gasteiger partial charge is 1.00 e. The Labute approximate surface area is 564 Å². The molecule has 0 bridgehead atoms. The molecule has 0 aliphatic carbocycles. The van der Waals surface area contributed by atoms with Crippen LogP contribution in [0.1, 0.15) is 364 Å². The van der Waals surface area contributed by atoms with Gasteiger partial charge in [-0.3, -0.25) is 0 Å². The van der Waals surface area contributed by atoms with Gasteiger partial charge >= 0.3 is 51.4 Å². The van der Waals surface area contributed by atoms with Crippen LogP contribution in [0.15, 0.2) is 11.1 Å². The van der Waals surface area contributed by atoms with Crippen LogP contribution < -0.4 is 63.8 Å². The van der Waals surface area contributed by atoms with Crippen molar-refractivity contribution in [2.24, 2.45) is 0 Å². The van der Waals surface area contributed by atoms with Crippen LogP contribution in [0.4, 0.5) is 0 Å². The van der Waals surface area contributed by atoms with E-state index in [4.69, 9.17) is 31.9 Å². The minimum atomic E-state index is -0.697. The molecule has 472 valence electrons. The van der Waals surface area contributed by atoms with E-state index in [2.05, 4.69) is 55.4 Å². The van der Waals surface area contributed by atoms with Gasteiger partial charge in [0.05, 0.1) is 49.3 Å². The van der Waals surface area contributed by atoms with Crippen molar-refractivity contribution in [1.82, 2.24) is 0 Å². The zero-order valence-corrected chi connectivity index (χ0v) is 62.2. The van der Waals surface area contributed by atoms with E-state index in [1.165, 1.54) is 293 Å². The fourth-order valence-electron chi connectivity index (χ4n) is 11.3. The molecule has 0 aliphatic rings. The van der Waals surface area contributed by atoms with E-state index in [1.807, 2.05) is 0 Å². The number of nitrogens with zero attached hydrogens (tertiary/aromatic N) is 6. The molecule has 0 aliphatic heterocycles. The summed E-state index contributed by atoms with van der Waals surface area (Å²) in [6, 6.07) is 5.58. The van der Waals surface area contributed by atoms with Gasteiger partial charge in [0.25, 0.3) is 0 Å². The predicted octanol–water partition coefficient (Wildman–Crippen LogP) is 19.3. The monoisotopic (exact) mass is 1220 g/mol. The Morgan fingerprint density at radius 3 is 0.439 bits per heavy atom. The fraction of sp³-hybridized carbons (Fsp3) is 0.889. The van der Waals surface area contributed by atoms with Crippen molar-refractivity contribution in [3.05, 3.63) is 22.0 Å². The van der Waals surface area contributed by atoms with Gasteiger partial charge in [0.2, 0.25) is 0 Å². The minimum Gasteiger partial charge on any atom is -1.00 e. The fourth-order valence-corrected chi connectivity index (χ4v) is 21.2. The minimum absolute atomic E-state index is 0. The summed E-state index contributed by atoms with van der Waals surface area (Å²) < 4.78 is 0. The molecule has 6 nitrogen and oxygen atoms in total. The Hall–Kier alpha value is -0.354. The van der Waals surface area contributed by atoms with E-state index in [-0.39, 0.29) is 63.8 Å². The Balaban J connectivity index is -0.000000279. The van der Waals surface area contributed by atoms with Gasteiger partial charge in [-0.1, -0.05) is 261 Å². The topological polar surface area (TPSA) is 140 Å². The average Bonchev–Trinajstić information content (AvgIpc) is 3.48. The first-order valence-corrected chi connectivity index (χ1v) is 40.1. The zero-order valence-electron chi connectivity index (χ0n) is 56.6. The Morgan fingerprint density at radius 2 is 0.341 bits per heavy atom. The first kappa shape index (κ1) is 92.8. The number of unbranched alkanes of at least 4 members (excludes halogenated alkanes) is 40. The summed E-state index contributed by atoms with van der Waals surface area (Å²) in [6.45, 7) is 18.8. The van der Waals surface area contributed by atoms with Crippen LogP contribution in [0.2, 0.25) is 0 Å². The molecule has 0 amide bonds. The molecule has 0 N–H and O–H groups in total. The van der Waals surface area contributed by atoms with Crippen molar-refractivity contribution < 1.29 is 63.8 Å². The Morgan fingerprint density at radius 1 is 0.232 bits per heavy atom. The molecule has 0 aromatic rings. The summed E-state index contributed by atoms with van der Waals surface area (Å²) >= 11 is 0. The summed E-state index contributed by atoms with van der Waals surface area (Å²) in [4.78, 5) is 0. The predicted molar refractivity (Wildman–Crippen MR) is 366 cm³/mol. The second-order valence-electron chi connectivity index (χ2n) is 24.0. The van der Waals surface area contributed by atoms with Crippen molar-refractivity contribution in [3.63, 3.8) is 0 Å². The molecular weight excluding hydrogens is 1090 g/mol. The van der Waals surface area contributed by atoms with E-state index < -0.39 is 25.7 Å². The molecular formula is C72H136ClKN6P2. The van der Waals surface area contributed by atoms with Crippen LogP contribution in [0.3, 0.4) is 0 Å². The largest absolute Gasteiger partial charge is 1.00 e. The molecule has 0 radical (unpaired) electrons. The van der Waals surface area contributed by atoms with Gasteiger partial charge in [0.1, 0.15) is 35.4 Å². The number of hydrogen-bond donors (Lipinski definition) is 0. The van der Waals surface area contributed by atoms with Gasteiger partial charge in [-0.15, -0.1) is 0 Å². The summed E-state index contributed by atoms with van der Waals surface area (Å²) in [5.41, 5.74) is -0.806. The standard InChI is InChI=1S/2C32H68P.2C4N3.ClH.K/c2*1-5-9-13-17-18-19-20-21-22-23-24-28-32-33(29-25-14-10-6-2,30-26-15-11-7-3)31-27-16-12-8-4;2*5-1-4(2-6)3-7;;/h2*5-32H2,1-4H3;;;1H;/q2*+1;2*-1;;+1/p-1. The Bertz CT molecular complexity index is 1340. The van der Waals surface area contributed by atoms with Gasteiger partial charge in [0.15, 0.2) is 0 Å². The molecule has 0 rings (SSSR count). The van der Waals surface area contributed by atoms with Crippen LogP contribution in [-0.2, 0) is 0 Å². The van der Waals surface area contributed by atoms with Crippen molar-refractivity contribution in [2.75, 3.05) is 49.3 Å². The van der Waals surface area contributed by atoms with Gasteiger partial charge in [-0.05, 0) is 103 Å². The van der Waals surface area contributed by atoms with E-state index in [9.17, 15) is 0 Å². The number of nitriles is 4. The maximum atomic E-state index is 7.79. The third kappa shape index (κ3) is 70.4. The van der Waals surface area contributed by atoms with E-state index in [0.717, 1.165) is 0 Å². The van der Waals surface area contributed by atoms with E-state index in [0.29, 0.717) is 0 Å². The summed E-state index contributed by atoms with van der Waals surface area (Å²) in [6.07, 6.45) is 84.2. The van der Waals surface area contributed by atoms with Gasteiger partial charge < -0.3 is 23.2 Å². The number of allylic oxidation sites excluding steroid dienone is 2. The van der Waals surface area contributed by atoms with E-state index in [1.54, 1.807) is 101 Å². The molecule has 10 heteroatoms. The molecule has 0 aromatic heterocycles. The van der Waals surface area contributed by atoms with Crippen molar-refractivity contribution in [1.29, 1.82) is 21.0 Å². The maximum absolute atomic E-state index is 7.79. The number of halogens is 1. The number of rotatable bonds is 56. The van der Waals surface area contributed by atoms with Gasteiger partial charge in [-0.25, -0.2) is 11.7 Å². The van der Waals surface area contributed by atoms with Gasteiger partial charge in [0, 0.05) is 14.5 Å². The third-order valence-electron chi connectivity index (χ3n) is 16.6. The van der Waals surface area contributed by atoms with Crippen LogP contribution >= 0.6 is 14.5 Å². The molecule has 82 heavy (non-hydrogen) atoms. The van der Waals surface area contributed by atoms with Crippen LogP contribution in [-0.4, -0.2) is 61.0 Å². The SMILES string of the molecule is CCCCCCCCCCCCCC[P+](CCCCCC)(CCCCCC)CCCCCC.CCCCCCCCCCCCCC[P+](CCCCCC)(CCCCCC)CCCCCC.N#CC(=C=[N-])C#N.N#CC(=C=[N-])C#N.[Cl-].[K+]. The molecule has 0 atom stereocenters. The summed E-state index contributed by atoms with van der Waals surface area (Å²) in [7, 11) is -1.39. The van der Waals surface area contributed by atoms with Gasteiger partial charge in [-0.2, -0.15) is 21.0 Å². The molecule has 0 unspecified atom stereocenters. The quantitative estimate of drug-likeness (QED) is 0.0197. The van der Waals surface area contributed by atoms with Crippen LogP contribution in [0.5, 0.6) is 0 Å². The molecule has 0 aromatic carbocycles. The maximum Gasteiger partial charge on any atom is 1.00 e. The first-order chi connectivity index (χ1) is 39.2. The molecule has 0 saturated carbocycles. The van der Waals surface area contributed by atoms with E-state index >= 15 is 0 Å². The molecule has 0 fully saturated rings. The normalized spacial score (nSPS) is 10.5. The second kappa shape index (κ2) is 80.6. The zero-order chi connectivity index (χ0) is 60.0. The molecule has 0 spiro atoms. The van der Waals surface area contributed by atoms with Crippen molar-refractivity contribution in [3.8, 4) is 24.3 Å². The van der Waals surface area contributed by atoms with Crippen molar-refractivity contribution in [2.45, 2.75) is 364 Å². The summed E-state index contributed by atoms with van der Waals surface area (Å²) in [5.74, 6) is 2.79. The third-order valence-corrected chi connectivity index (χ3v) is 26.7. The van der Waals surface area contributed by atoms with Crippen LogP contribution in [0.25, 0.3) is 10.8 Å². The second-order valence-corrected chi connectivity index (χ2v) is 33.0. The number of hydrogen-bond acceptors (Lipinski definition) is 4. The first-order valence-electron chi connectivity index (χ1n) is 35.0. The molecule has 0 heterocycles. The average molecular weight is 1220 g/mol. The Kier molecular flexibility index (Phi) is 91.3. The summed E-state index contributed by atoms with van der Waals surface area (Å²) in [5, 5.41) is 46.8. The van der Waals surface area contributed by atoms with Crippen LogP contribution in [0, 0.1) is 45.3 Å². The van der Waals surface area contributed by atoms with Crippen molar-refractivity contribution >= 4 is 26.3 Å². The molecule has 0 saturated heterocycles.